The number of hydrogen-bond donors (Lipinski definition) is 1. The number of halogens is 1. The molecule has 0 fully saturated rings. The standard InChI is InChI=1S/C27H31ClN6O2/c1-5-34-18(2)19(15-31-34)17-33(4)27(35)23-14-26(32-24-9-7-20(28)13-22(23)24)25-10-8-21(16-30-25)36-12-6-11-29-3/h7-10,13-16,29H,5-6,11-12,17H2,1-4H3. The number of fused-ring (bicyclic) bond motifs is 1. The van der Waals surface area contributed by atoms with E-state index in [4.69, 9.17) is 21.3 Å². The first kappa shape index (κ1) is 25.6. The van der Waals surface area contributed by atoms with Gasteiger partial charge in [0.1, 0.15) is 5.75 Å². The van der Waals surface area contributed by atoms with Crippen molar-refractivity contribution in [2.45, 2.75) is 33.4 Å². The monoisotopic (exact) mass is 506 g/mol. The Hall–Kier alpha value is -3.49. The summed E-state index contributed by atoms with van der Waals surface area (Å²) < 4.78 is 7.67. The molecular formula is C27H31ClN6O2. The molecule has 0 saturated heterocycles. The molecule has 0 unspecified atom stereocenters. The summed E-state index contributed by atoms with van der Waals surface area (Å²) in [6.07, 6.45) is 4.41. The summed E-state index contributed by atoms with van der Waals surface area (Å²) in [4.78, 5) is 24.7. The molecule has 1 amide bonds. The van der Waals surface area contributed by atoms with E-state index in [0.29, 0.717) is 51.8 Å². The van der Waals surface area contributed by atoms with Gasteiger partial charge in [0.25, 0.3) is 5.91 Å². The maximum atomic E-state index is 13.7. The van der Waals surface area contributed by atoms with Crippen LogP contribution in [-0.4, -0.2) is 57.8 Å². The summed E-state index contributed by atoms with van der Waals surface area (Å²) in [6, 6.07) is 10.9. The first-order chi connectivity index (χ1) is 17.4. The van der Waals surface area contributed by atoms with Gasteiger partial charge in [-0.2, -0.15) is 5.10 Å². The Morgan fingerprint density at radius 3 is 2.69 bits per heavy atom. The van der Waals surface area contributed by atoms with E-state index in [1.54, 1.807) is 36.3 Å². The largest absolute Gasteiger partial charge is 0.492 e. The number of amides is 1. The molecule has 4 rings (SSSR count). The Morgan fingerprint density at radius 1 is 1.17 bits per heavy atom. The lowest BCUT2D eigenvalue weighted by Crippen LogP contribution is -2.26. The van der Waals surface area contributed by atoms with Crippen LogP contribution in [0.3, 0.4) is 0 Å². The van der Waals surface area contributed by atoms with Gasteiger partial charge in [-0.15, -0.1) is 0 Å². The number of hydrogen-bond acceptors (Lipinski definition) is 6. The van der Waals surface area contributed by atoms with E-state index < -0.39 is 0 Å². The summed E-state index contributed by atoms with van der Waals surface area (Å²) in [5.74, 6) is 0.570. The van der Waals surface area contributed by atoms with E-state index in [9.17, 15) is 4.79 Å². The van der Waals surface area contributed by atoms with Crippen molar-refractivity contribution in [3.05, 3.63) is 70.6 Å². The highest BCUT2D eigenvalue weighted by Gasteiger charge is 2.20. The number of pyridine rings is 2. The molecule has 1 aromatic carbocycles. The molecule has 0 spiro atoms. The second kappa shape index (κ2) is 11.5. The van der Waals surface area contributed by atoms with Crippen LogP contribution in [0.15, 0.2) is 48.8 Å². The quantitative estimate of drug-likeness (QED) is 0.313. The van der Waals surface area contributed by atoms with Crippen molar-refractivity contribution < 1.29 is 9.53 Å². The van der Waals surface area contributed by atoms with Gasteiger partial charge in [-0.3, -0.25) is 14.5 Å². The van der Waals surface area contributed by atoms with Crippen molar-refractivity contribution in [3.63, 3.8) is 0 Å². The molecule has 188 valence electrons. The average Bonchev–Trinajstić information content (AvgIpc) is 3.24. The molecule has 4 aromatic rings. The van der Waals surface area contributed by atoms with E-state index in [0.717, 1.165) is 30.8 Å². The fourth-order valence-corrected chi connectivity index (χ4v) is 4.23. The van der Waals surface area contributed by atoms with E-state index in [1.165, 1.54) is 0 Å². The molecule has 0 bridgehead atoms. The number of rotatable bonds is 10. The molecule has 8 nitrogen and oxygen atoms in total. The highest BCUT2D eigenvalue weighted by Crippen LogP contribution is 2.28. The predicted molar refractivity (Wildman–Crippen MR) is 142 cm³/mol. The van der Waals surface area contributed by atoms with Gasteiger partial charge < -0.3 is 15.0 Å². The van der Waals surface area contributed by atoms with Crippen LogP contribution < -0.4 is 10.1 Å². The molecule has 0 atom stereocenters. The fraction of sp³-hybridized carbons (Fsp3) is 0.333. The van der Waals surface area contributed by atoms with E-state index in [-0.39, 0.29) is 5.91 Å². The zero-order chi connectivity index (χ0) is 25.7. The maximum Gasteiger partial charge on any atom is 0.254 e. The van der Waals surface area contributed by atoms with Crippen molar-refractivity contribution in [1.82, 2.24) is 30.0 Å². The number of ether oxygens (including phenoxy) is 1. The van der Waals surface area contributed by atoms with E-state index in [2.05, 4.69) is 15.4 Å². The third kappa shape index (κ3) is 5.66. The summed E-state index contributed by atoms with van der Waals surface area (Å²) in [6.45, 7) is 6.80. The Morgan fingerprint density at radius 2 is 2.00 bits per heavy atom. The van der Waals surface area contributed by atoms with Gasteiger partial charge in [0.2, 0.25) is 0 Å². The first-order valence-electron chi connectivity index (χ1n) is 12.0. The molecule has 9 heteroatoms. The van der Waals surface area contributed by atoms with Crippen LogP contribution in [0, 0.1) is 6.92 Å². The molecule has 3 heterocycles. The van der Waals surface area contributed by atoms with E-state index >= 15 is 0 Å². The van der Waals surface area contributed by atoms with Crippen molar-refractivity contribution in [3.8, 4) is 17.1 Å². The molecule has 36 heavy (non-hydrogen) atoms. The van der Waals surface area contributed by atoms with Crippen LogP contribution in [0.5, 0.6) is 5.75 Å². The van der Waals surface area contributed by atoms with Crippen molar-refractivity contribution >= 4 is 28.4 Å². The highest BCUT2D eigenvalue weighted by atomic mass is 35.5. The van der Waals surface area contributed by atoms with Gasteiger partial charge in [0, 0.05) is 41.8 Å². The van der Waals surface area contributed by atoms with Gasteiger partial charge in [-0.1, -0.05) is 11.6 Å². The number of carbonyl (C=O) groups excluding carboxylic acids is 1. The topological polar surface area (TPSA) is 85.2 Å². The minimum atomic E-state index is -0.126. The Bertz CT molecular complexity index is 1350. The van der Waals surface area contributed by atoms with Crippen molar-refractivity contribution in [2.24, 2.45) is 0 Å². The normalized spacial score (nSPS) is 11.1. The van der Waals surface area contributed by atoms with Crippen LogP contribution in [0.25, 0.3) is 22.3 Å². The average molecular weight is 507 g/mol. The molecule has 0 aliphatic heterocycles. The van der Waals surface area contributed by atoms with Crippen LogP contribution in [-0.2, 0) is 13.1 Å². The van der Waals surface area contributed by atoms with Crippen molar-refractivity contribution in [1.29, 1.82) is 0 Å². The Balaban J connectivity index is 1.64. The number of aromatic nitrogens is 4. The summed E-state index contributed by atoms with van der Waals surface area (Å²) in [7, 11) is 3.71. The number of benzene rings is 1. The molecule has 0 saturated carbocycles. The third-order valence-electron chi connectivity index (χ3n) is 6.10. The smallest absolute Gasteiger partial charge is 0.254 e. The van der Waals surface area contributed by atoms with E-state index in [1.807, 2.05) is 50.0 Å². The number of nitrogens with one attached hydrogen (secondary N) is 1. The molecule has 0 aliphatic rings. The van der Waals surface area contributed by atoms with Crippen molar-refractivity contribution in [2.75, 3.05) is 27.2 Å². The SMILES string of the molecule is CCn1ncc(CN(C)C(=O)c2cc(-c3ccc(OCCCNC)cn3)nc3ccc(Cl)cc23)c1C. The lowest BCUT2D eigenvalue weighted by Gasteiger charge is -2.19. The van der Waals surface area contributed by atoms with Gasteiger partial charge in [-0.25, -0.2) is 4.98 Å². The first-order valence-corrected chi connectivity index (χ1v) is 12.4. The summed E-state index contributed by atoms with van der Waals surface area (Å²) in [5, 5.41) is 8.75. The van der Waals surface area contributed by atoms with Gasteiger partial charge in [0.05, 0.1) is 41.5 Å². The third-order valence-corrected chi connectivity index (χ3v) is 6.33. The van der Waals surface area contributed by atoms with Gasteiger partial charge >= 0.3 is 0 Å². The molecule has 3 aromatic heterocycles. The lowest BCUT2D eigenvalue weighted by atomic mass is 10.0. The molecular weight excluding hydrogens is 476 g/mol. The molecule has 0 radical (unpaired) electrons. The second-order valence-electron chi connectivity index (χ2n) is 8.63. The van der Waals surface area contributed by atoms with Crippen LogP contribution in [0.1, 0.15) is 35.0 Å². The second-order valence-corrected chi connectivity index (χ2v) is 9.07. The van der Waals surface area contributed by atoms with Gasteiger partial charge in [-0.05, 0) is 70.3 Å². The van der Waals surface area contributed by atoms with Crippen LogP contribution in [0.4, 0.5) is 0 Å². The Kier molecular flexibility index (Phi) is 8.18. The summed E-state index contributed by atoms with van der Waals surface area (Å²) in [5.41, 5.74) is 4.53. The minimum absolute atomic E-state index is 0.126. The summed E-state index contributed by atoms with van der Waals surface area (Å²) >= 11 is 6.29. The highest BCUT2D eigenvalue weighted by molar-refractivity contribution is 6.31. The lowest BCUT2D eigenvalue weighted by molar-refractivity contribution is 0.0787. The van der Waals surface area contributed by atoms with Crippen LogP contribution in [0.2, 0.25) is 5.02 Å². The zero-order valence-electron chi connectivity index (χ0n) is 21.1. The van der Waals surface area contributed by atoms with Gasteiger partial charge in [0.15, 0.2) is 0 Å². The molecule has 1 N–H and O–H groups in total. The molecule has 0 aliphatic carbocycles. The maximum absolute atomic E-state index is 13.7. The zero-order valence-corrected chi connectivity index (χ0v) is 21.8. The predicted octanol–water partition coefficient (Wildman–Crippen LogP) is 4.74. The fourth-order valence-electron chi connectivity index (χ4n) is 4.05. The minimum Gasteiger partial charge on any atom is -0.492 e. The Labute approximate surface area is 216 Å². The number of nitrogens with zero attached hydrogens (tertiary/aromatic N) is 5. The van der Waals surface area contributed by atoms with Crippen LogP contribution >= 0.6 is 11.6 Å². The number of carbonyl (C=O) groups is 1. The number of aryl methyl sites for hydroxylation is 1.